The monoisotopic (exact) mass is 403 g/mol. The van der Waals surface area contributed by atoms with Crippen LogP contribution >= 0.6 is 0 Å². The number of carbonyl (C=O) groups is 1. The predicted molar refractivity (Wildman–Crippen MR) is 114 cm³/mol. The summed E-state index contributed by atoms with van der Waals surface area (Å²) >= 11 is 0. The standard InChI is InChI=1S/C22H21N5O3/c1-14-5-4-6-18(15(14)2)24-21(28)12-26-22(29)20-11-19(25-27(20)13-23-26)16-7-9-17(30-3)10-8-16/h4-11,13H,12H2,1-3H3,(H,24,28). The average Bonchev–Trinajstić information content (AvgIpc) is 3.19. The molecule has 2 aromatic heterocycles. The van der Waals surface area contributed by atoms with E-state index in [0.29, 0.717) is 11.2 Å². The number of benzene rings is 2. The van der Waals surface area contributed by atoms with Gasteiger partial charge in [0.05, 0.1) is 12.8 Å². The summed E-state index contributed by atoms with van der Waals surface area (Å²) < 4.78 is 7.72. The van der Waals surface area contributed by atoms with E-state index < -0.39 is 0 Å². The molecular formula is C22H21N5O3. The fourth-order valence-corrected chi connectivity index (χ4v) is 3.17. The Labute approximate surface area is 172 Å². The molecule has 0 aliphatic rings. The Morgan fingerprint density at radius 1 is 1.13 bits per heavy atom. The van der Waals surface area contributed by atoms with Crippen molar-refractivity contribution < 1.29 is 9.53 Å². The number of amides is 1. The summed E-state index contributed by atoms with van der Waals surface area (Å²) in [6.07, 6.45) is 1.43. The minimum Gasteiger partial charge on any atom is -0.497 e. The summed E-state index contributed by atoms with van der Waals surface area (Å²) in [6, 6.07) is 14.8. The third kappa shape index (κ3) is 3.67. The maximum Gasteiger partial charge on any atom is 0.293 e. The van der Waals surface area contributed by atoms with Gasteiger partial charge in [0.2, 0.25) is 5.91 Å². The van der Waals surface area contributed by atoms with Gasteiger partial charge >= 0.3 is 0 Å². The van der Waals surface area contributed by atoms with Crippen molar-refractivity contribution >= 4 is 17.1 Å². The van der Waals surface area contributed by atoms with E-state index in [9.17, 15) is 9.59 Å². The van der Waals surface area contributed by atoms with Gasteiger partial charge in [-0.2, -0.15) is 10.2 Å². The Bertz CT molecular complexity index is 1290. The van der Waals surface area contributed by atoms with E-state index in [1.165, 1.54) is 10.8 Å². The zero-order chi connectivity index (χ0) is 21.3. The normalized spacial score (nSPS) is 10.9. The molecule has 4 rings (SSSR count). The summed E-state index contributed by atoms with van der Waals surface area (Å²) in [5, 5.41) is 11.3. The lowest BCUT2D eigenvalue weighted by molar-refractivity contribution is -0.117. The van der Waals surface area contributed by atoms with Crippen LogP contribution in [0.25, 0.3) is 16.8 Å². The number of hydrogen-bond donors (Lipinski definition) is 1. The lowest BCUT2D eigenvalue weighted by Crippen LogP contribution is -2.30. The van der Waals surface area contributed by atoms with Gasteiger partial charge in [0.15, 0.2) is 0 Å². The highest BCUT2D eigenvalue weighted by Crippen LogP contribution is 2.21. The summed E-state index contributed by atoms with van der Waals surface area (Å²) in [5.41, 5.74) is 4.22. The summed E-state index contributed by atoms with van der Waals surface area (Å²) in [4.78, 5) is 25.3. The van der Waals surface area contributed by atoms with Crippen LogP contribution in [0.3, 0.4) is 0 Å². The minimum atomic E-state index is -0.388. The maximum atomic E-state index is 12.8. The second-order valence-corrected chi connectivity index (χ2v) is 6.98. The summed E-state index contributed by atoms with van der Waals surface area (Å²) in [5.74, 6) is 0.416. The summed E-state index contributed by atoms with van der Waals surface area (Å²) in [7, 11) is 1.60. The molecule has 0 spiro atoms. The number of aryl methyl sites for hydroxylation is 1. The van der Waals surface area contributed by atoms with Crippen molar-refractivity contribution in [2.24, 2.45) is 0 Å². The molecule has 0 saturated heterocycles. The largest absolute Gasteiger partial charge is 0.497 e. The first-order valence-corrected chi connectivity index (χ1v) is 9.42. The molecule has 0 aliphatic heterocycles. The third-order valence-corrected chi connectivity index (χ3v) is 5.05. The molecule has 152 valence electrons. The van der Waals surface area contributed by atoms with E-state index >= 15 is 0 Å². The molecule has 1 N–H and O–H groups in total. The number of methoxy groups -OCH3 is 1. The average molecular weight is 403 g/mol. The molecule has 2 heterocycles. The van der Waals surface area contributed by atoms with Gasteiger partial charge in [0.1, 0.15) is 24.1 Å². The van der Waals surface area contributed by atoms with Gasteiger partial charge in [-0.05, 0) is 61.4 Å². The van der Waals surface area contributed by atoms with Gasteiger partial charge in [0.25, 0.3) is 5.56 Å². The van der Waals surface area contributed by atoms with Gasteiger partial charge < -0.3 is 10.1 Å². The molecule has 30 heavy (non-hydrogen) atoms. The van der Waals surface area contributed by atoms with Crippen molar-refractivity contribution in [3.63, 3.8) is 0 Å². The van der Waals surface area contributed by atoms with E-state index in [1.807, 2.05) is 56.3 Å². The van der Waals surface area contributed by atoms with Gasteiger partial charge in [-0.1, -0.05) is 12.1 Å². The zero-order valence-electron chi connectivity index (χ0n) is 16.9. The zero-order valence-corrected chi connectivity index (χ0v) is 16.9. The Hall–Kier alpha value is -3.94. The van der Waals surface area contributed by atoms with Crippen molar-refractivity contribution in [1.82, 2.24) is 19.4 Å². The molecule has 2 aromatic carbocycles. The maximum absolute atomic E-state index is 12.8. The van der Waals surface area contributed by atoms with Crippen molar-refractivity contribution in [3.05, 3.63) is 76.3 Å². The highest BCUT2D eigenvalue weighted by Gasteiger charge is 2.13. The number of rotatable bonds is 5. The van der Waals surface area contributed by atoms with E-state index in [2.05, 4.69) is 15.5 Å². The third-order valence-electron chi connectivity index (χ3n) is 5.05. The number of fused-ring (bicyclic) bond motifs is 1. The van der Waals surface area contributed by atoms with E-state index in [1.54, 1.807) is 13.2 Å². The number of hydrogen-bond acceptors (Lipinski definition) is 5. The Balaban J connectivity index is 1.59. The highest BCUT2D eigenvalue weighted by atomic mass is 16.5. The van der Waals surface area contributed by atoms with E-state index in [4.69, 9.17) is 4.74 Å². The Morgan fingerprint density at radius 3 is 2.63 bits per heavy atom. The fourth-order valence-electron chi connectivity index (χ4n) is 3.17. The minimum absolute atomic E-state index is 0.189. The van der Waals surface area contributed by atoms with Crippen molar-refractivity contribution in [3.8, 4) is 17.0 Å². The number of anilines is 1. The summed E-state index contributed by atoms with van der Waals surface area (Å²) in [6.45, 7) is 3.73. The van der Waals surface area contributed by atoms with Crippen LogP contribution in [0.15, 0.2) is 59.7 Å². The molecule has 0 fully saturated rings. The Kier molecular flexibility index (Phi) is 5.05. The van der Waals surface area contributed by atoms with Gasteiger partial charge in [0, 0.05) is 11.3 Å². The molecule has 0 saturated carbocycles. The van der Waals surface area contributed by atoms with E-state index in [0.717, 1.165) is 32.8 Å². The van der Waals surface area contributed by atoms with Crippen LogP contribution in [0.4, 0.5) is 5.69 Å². The lowest BCUT2D eigenvalue weighted by atomic mass is 10.1. The molecule has 4 aromatic rings. The lowest BCUT2D eigenvalue weighted by Gasteiger charge is -2.10. The quantitative estimate of drug-likeness (QED) is 0.553. The molecule has 0 atom stereocenters. The predicted octanol–water partition coefficient (Wildman–Crippen LogP) is 2.82. The first kappa shape index (κ1) is 19.4. The Morgan fingerprint density at radius 2 is 1.90 bits per heavy atom. The van der Waals surface area contributed by atoms with Crippen molar-refractivity contribution in [2.45, 2.75) is 20.4 Å². The molecular weight excluding hydrogens is 382 g/mol. The van der Waals surface area contributed by atoms with Crippen LogP contribution in [-0.4, -0.2) is 32.4 Å². The fraction of sp³-hybridized carbons (Fsp3) is 0.182. The smallest absolute Gasteiger partial charge is 0.293 e. The first-order chi connectivity index (χ1) is 14.5. The second kappa shape index (κ2) is 7.82. The number of nitrogens with zero attached hydrogens (tertiary/aromatic N) is 4. The van der Waals surface area contributed by atoms with Crippen LogP contribution < -0.4 is 15.6 Å². The van der Waals surface area contributed by atoms with Gasteiger partial charge in [-0.15, -0.1) is 0 Å². The molecule has 8 heteroatoms. The molecule has 0 bridgehead atoms. The number of nitrogens with one attached hydrogen (secondary N) is 1. The van der Waals surface area contributed by atoms with Crippen LogP contribution in [0, 0.1) is 13.8 Å². The SMILES string of the molecule is COc1ccc(-c2cc3c(=O)n(CC(=O)Nc4cccc(C)c4C)ncn3n2)cc1. The van der Waals surface area contributed by atoms with Crippen LogP contribution in [0.1, 0.15) is 11.1 Å². The molecule has 1 amide bonds. The molecule has 0 unspecified atom stereocenters. The van der Waals surface area contributed by atoms with Crippen molar-refractivity contribution in [2.75, 3.05) is 12.4 Å². The number of carbonyl (C=O) groups excluding carboxylic acids is 1. The second-order valence-electron chi connectivity index (χ2n) is 6.98. The van der Waals surface area contributed by atoms with Gasteiger partial charge in [-0.3, -0.25) is 9.59 Å². The molecule has 8 nitrogen and oxygen atoms in total. The molecule has 0 radical (unpaired) electrons. The van der Waals surface area contributed by atoms with Crippen LogP contribution in [-0.2, 0) is 11.3 Å². The first-order valence-electron chi connectivity index (χ1n) is 9.42. The number of aromatic nitrogens is 4. The van der Waals surface area contributed by atoms with E-state index in [-0.39, 0.29) is 18.0 Å². The van der Waals surface area contributed by atoms with Crippen LogP contribution in [0.2, 0.25) is 0 Å². The topological polar surface area (TPSA) is 90.5 Å². The van der Waals surface area contributed by atoms with Crippen LogP contribution in [0.5, 0.6) is 5.75 Å². The van der Waals surface area contributed by atoms with Crippen molar-refractivity contribution in [1.29, 1.82) is 0 Å². The number of ether oxygens (including phenoxy) is 1. The highest BCUT2D eigenvalue weighted by molar-refractivity contribution is 5.91. The van der Waals surface area contributed by atoms with Gasteiger partial charge in [-0.25, -0.2) is 9.20 Å². The molecule has 0 aliphatic carbocycles.